The number of hydrogen-bond acceptors (Lipinski definition) is 5. The van der Waals surface area contributed by atoms with Crippen LogP contribution in [0.25, 0.3) is 19.6 Å². The van der Waals surface area contributed by atoms with Crippen LogP contribution in [0, 0.1) is 6.92 Å². The zero-order valence-corrected chi connectivity index (χ0v) is 11.0. The van der Waals surface area contributed by atoms with Crippen molar-refractivity contribution >= 4 is 34.0 Å². The van der Waals surface area contributed by atoms with Gasteiger partial charge in [-0.05, 0) is 30.5 Å². The van der Waals surface area contributed by atoms with Gasteiger partial charge in [0.1, 0.15) is 5.01 Å². The maximum Gasteiger partial charge on any atom is 0.157 e. The first-order valence-electron chi connectivity index (χ1n) is 4.77. The number of hydrogen-bond donors (Lipinski definition) is 0. The molecule has 0 radical (unpaired) electrons. The molecule has 0 aliphatic heterocycles. The van der Waals surface area contributed by atoms with Crippen molar-refractivity contribution in [3.63, 3.8) is 0 Å². The fraction of sp³-hybridized carbons (Fsp3) is 0.0909. The minimum atomic E-state index is 1.01. The lowest BCUT2D eigenvalue weighted by molar-refractivity contribution is 1.05. The number of aryl methyl sites for hydroxylation is 1. The highest BCUT2D eigenvalue weighted by Gasteiger charge is 2.08. The molecule has 0 fully saturated rings. The molecule has 0 amide bonds. The third-order valence-corrected chi connectivity index (χ3v) is 5.27. The van der Waals surface area contributed by atoms with Crippen molar-refractivity contribution in [3.8, 4) is 19.6 Å². The van der Waals surface area contributed by atoms with Crippen molar-refractivity contribution in [3.05, 3.63) is 34.7 Å². The maximum atomic E-state index is 4.16. The first-order valence-corrected chi connectivity index (χ1v) is 7.28. The highest BCUT2D eigenvalue weighted by Crippen LogP contribution is 2.37. The van der Waals surface area contributed by atoms with E-state index in [0.29, 0.717) is 0 Å². The van der Waals surface area contributed by atoms with E-state index in [0.717, 1.165) is 10.0 Å². The normalized spacial score (nSPS) is 10.8. The summed E-state index contributed by atoms with van der Waals surface area (Å²) in [5.41, 5.74) is 0. The van der Waals surface area contributed by atoms with Crippen LogP contribution < -0.4 is 0 Å². The van der Waals surface area contributed by atoms with Crippen LogP contribution in [0.4, 0.5) is 0 Å². The SMILES string of the molecule is Cc1nnc(-c2ccc(-c3cccs3)s2)s1. The monoisotopic (exact) mass is 264 g/mol. The van der Waals surface area contributed by atoms with Crippen LogP contribution >= 0.6 is 34.0 Å². The summed E-state index contributed by atoms with van der Waals surface area (Å²) in [6.07, 6.45) is 0. The summed E-state index contributed by atoms with van der Waals surface area (Å²) in [5.74, 6) is 0. The largest absolute Gasteiger partial charge is 0.157 e. The van der Waals surface area contributed by atoms with Crippen molar-refractivity contribution in [1.29, 1.82) is 0 Å². The molecule has 3 rings (SSSR count). The average molecular weight is 264 g/mol. The van der Waals surface area contributed by atoms with Crippen molar-refractivity contribution in [2.75, 3.05) is 0 Å². The fourth-order valence-electron chi connectivity index (χ4n) is 1.40. The lowest BCUT2D eigenvalue weighted by Crippen LogP contribution is -1.70. The first-order chi connectivity index (χ1) is 7.83. The molecule has 2 nitrogen and oxygen atoms in total. The summed E-state index contributed by atoms with van der Waals surface area (Å²) in [5, 5.41) is 12.3. The summed E-state index contributed by atoms with van der Waals surface area (Å²) in [7, 11) is 0. The molecule has 3 heterocycles. The van der Waals surface area contributed by atoms with Gasteiger partial charge in [-0.3, -0.25) is 0 Å². The molecule has 0 unspecified atom stereocenters. The first kappa shape index (κ1) is 10.1. The van der Waals surface area contributed by atoms with E-state index in [2.05, 4.69) is 39.8 Å². The Bertz CT molecular complexity index is 592. The van der Waals surface area contributed by atoms with E-state index >= 15 is 0 Å². The van der Waals surface area contributed by atoms with Crippen molar-refractivity contribution in [2.24, 2.45) is 0 Å². The van der Waals surface area contributed by atoms with Crippen LogP contribution in [0.3, 0.4) is 0 Å². The second-order valence-electron chi connectivity index (χ2n) is 3.27. The summed E-state index contributed by atoms with van der Waals surface area (Å²) < 4.78 is 0. The highest BCUT2D eigenvalue weighted by atomic mass is 32.1. The predicted octanol–water partition coefficient (Wildman–Crippen LogP) is 4.30. The molecule has 0 bridgehead atoms. The van der Waals surface area contributed by atoms with Crippen LogP contribution in [-0.2, 0) is 0 Å². The predicted molar refractivity (Wildman–Crippen MR) is 71.3 cm³/mol. The topological polar surface area (TPSA) is 25.8 Å². The van der Waals surface area contributed by atoms with E-state index in [9.17, 15) is 0 Å². The second-order valence-corrected chi connectivity index (χ2v) is 6.48. The molecular formula is C11H8N2S3. The molecule has 80 valence electrons. The lowest BCUT2D eigenvalue weighted by Gasteiger charge is -1.88. The fourth-order valence-corrected chi connectivity index (χ4v) is 3.98. The third kappa shape index (κ3) is 1.81. The molecular weight excluding hydrogens is 256 g/mol. The number of nitrogens with zero attached hydrogens (tertiary/aromatic N) is 2. The van der Waals surface area contributed by atoms with Gasteiger partial charge in [0, 0.05) is 9.75 Å². The smallest absolute Gasteiger partial charge is 0.143 e. The van der Waals surface area contributed by atoms with Gasteiger partial charge in [-0.1, -0.05) is 17.4 Å². The standard InChI is InChI=1S/C11H8N2S3/c1-7-12-13-11(15-7)10-5-4-9(16-10)8-3-2-6-14-8/h2-6H,1H3. The zero-order chi connectivity index (χ0) is 11.0. The Morgan fingerprint density at radius 2 is 1.81 bits per heavy atom. The summed E-state index contributed by atoms with van der Waals surface area (Å²) in [6.45, 7) is 1.98. The van der Waals surface area contributed by atoms with E-state index in [4.69, 9.17) is 0 Å². The maximum absolute atomic E-state index is 4.16. The quantitative estimate of drug-likeness (QED) is 0.689. The minimum absolute atomic E-state index is 1.01. The Hall–Kier alpha value is -1.04. The van der Waals surface area contributed by atoms with E-state index in [1.54, 1.807) is 34.0 Å². The number of aromatic nitrogens is 2. The van der Waals surface area contributed by atoms with Crippen molar-refractivity contribution in [2.45, 2.75) is 6.92 Å². The van der Waals surface area contributed by atoms with E-state index < -0.39 is 0 Å². The van der Waals surface area contributed by atoms with E-state index in [-0.39, 0.29) is 0 Å². The zero-order valence-electron chi connectivity index (χ0n) is 8.51. The molecule has 0 saturated heterocycles. The van der Waals surface area contributed by atoms with Crippen LogP contribution in [0.15, 0.2) is 29.6 Å². The van der Waals surface area contributed by atoms with Crippen molar-refractivity contribution < 1.29 is 0 Å². The molecule has 0 spiro atoms. The van der Waals surface area contributed by atoms with Gasteiger partial charge >= 0.3 is 0 Å². The van der Waals surface area contributed by atoms with E-state index in [1.165, 1.54) is 14.6 Å². The van der Waals surface area contributed by atoms with Gasteiger partial charge < -0.3 is 0 Å². The van der Waals surface area contributed by atoms with Crippen LogP contribution in [0.5, 0.6) is 0 Å². The summed E-state index contributed by atoms with van der Waals surface area (Å²) in [4.78, 5) is 3.82. The minimum Gasteiger partial charge on any atom is -0.143 e. The Labute approximate surface area is 105 Å². The molecule has 0 saturated carbocycles. The average Bonchev–Trinajstić information content (AvgIpc) is 2.97. The van der Waals surface area contributed by atoms with E-state index in [1.807, 2.05) is 6.92 Å². The molecule has 3 aromatic rings. The van der Waals surface area contributed by atoms with Gasteiger partial charge in [0.25, 0.3) is 0 Å². The second kappa shape index (κ2) is 4.08. The molecule has 5 heteroatoms. The van der Waals surface area contributed by atoms with Crippen LogP contribution in [-0.4, -0.2) is 10.2 Å². The van der Waals surface area contributed by atoms with Gasteiger partial charge in [0.2, 0.25) is 0 Å². The lowest BCUT2D eigenvalue weighted by atomic mass is 10.4. The highest BCUT2D eigenvalue weighted by molar-refractivity contribution is 7.25. The number of thiophene rings is 2. The molecule has 0 aliphatic carbocycles. The van der Waals surface area contributed by atoms with Crippen LogP contribution in [0.2, 0.25) is 0 Å². The molecule has 3 aromatic heterocycles. The van der Waals surface area contributed by atoms with Gasteiger partial charge in [0.15, 0.2) is 5.01 Å². The van der Waals surface area contributed by atoms with Gasteiger partial charge in [-0.25, -0.2) is 0 Å². The molecule has 16 heavy (non-hydrogen) atoms. The molecule has 0 N–H and O–H groups in total. The Morgan fingerprint density at radius 1 is 0.938 bits per heavy atom. The summed E-state index contributed by atoms with van der Waals surface area (Å²) in [6, 6.07) is 8.50. The van der Waals surface area contributed by atoms with Crippen LogP contribution in [0.1, 0.15) is 5.01 Å². The molecule has 0 atom stereocenters. The van der Waals surface area contributed by atoms with Crippen molar-refractivity contribution in [1.82, 2.24) is 10.2 Å². The van der Waals surface area contributed by atoms with Gasteiger partial charge in [-0.2, -0.15) is 0 Å². The summed E-state index contributed by atoms with van der Waals surface area (Å²) >= 11 is 5.19. The number of rotatable bonds is 2. The van der Waals surface area contributed by atoms with Gasteiger partial charge in [-0.15, -0.1) is 32.9 Å². The third-order valence-electron chi connectivity index (χ3n) is 2.11. The Morgan fingerprint density at radius 3 is 2.50 bits per heavy atom. The Balaban J connectivity index is 2.00. The van der Waals surface area contributed by atoms with Gasteiger partial charge in [0.05, 0.1) is 4.88 Å². The Kier molecular flexibility index (Phi) is 2.59. The molecule has 0 aliphatic rings. The molecule has 0 aromatic carbocycles.